The van der Waals surface area contributed by atoms with Crippen molar-refractivity contribution in [3.63, 3.8) is 0 Å². The van der Waals surface area contributed by atoms with E-state index in [2.05, 4.69) is 20.8 Å². The summed E-state index contributed by atoms with van der Waals surface area (Å²) >= 11 is 0. The number of rotatable bonds is 3. The number of methoxy groups -OCH3 is 1. The van der Waals surface area contributed by atoms with E-state index in [4.69, 9.17) is 4.74 Å². The van der Waals surface area contributed by atoms with E-state index in [0.29, 0.717) is 35.5 Å². The zero-order chi connectivity index (χ0) is 21.0. The number of ether oxygens (including phenoxy) is 1. The number of fused-ring (bicyclic) bond motifs is 5. The van der Waals surface area contributed by atoms with Crippen LogP contribution in [-0.4, -0.2) is 35.5 Å². The maximum atomic E-state index is 11.6. The van der Waals surface area contributed by atoms with E-state index in [1.807, 2.05) is 6.08 Å². The lowest BCUT2D eigenvalue weighted by Gasteiger charge is -2.62. The Hall–Kier alpha value is -0.870. The Morgan fingerprint density at radius 1 is 1.03 bits per heavy atom. The summed E-state index contributed by atoms with van der Waals surface area (Å²) in [6.07, 6.45) is 11.8. The van der Waals surface area contributed by atoms with Gasteiger partial charge in [-0.1, -0.05) is 26.8 Å². The van der Waals surface area contributed by atoms with E-state index in [1.165, 1.54) is 32.8 Å². The maximum absolute atomic E-state index is 11.6. The SMILES string of the molecule is COC(=O)/C=C/[C@@H](C)C1CC[C@H]2C3[C@H](O)CC4C[C@H](O)CCC4(C)[C@H]3CCC12C. The molecule has 4 nitrogen and oxygen atoms in total. The molecule has 0 saturated heterocycles. The molecule has 4 fully saturated rings. The number of hydrogen-bond acceptors (Lipinski definition) is 4. The van der Waals surface area contributed by atoms with E-state index in [1.54, 1.807) is 6.08 Å². The molecule has 4 aliphatic rings. The minimum Gasteiger partial charge on any atom is -0.466 e. The zero-order valence-electron chi connectivity index (χ0n) is 18.6. The summed E-state index contributed by atoms with van der Waals surface area (Å²) in [5, 5.41) is 21.5. The molecule has 0 bridgehead atoms. The Balaban J connectivity index is 1.56. The van der Waals surface area contributed by atoms with E-state index in [-0.39, 0.29) is 29.0 Å². The molecule has 0 radical (unpaired) electrons. The van der Waals surface area contributed by atoms with Crippen molar-refractivity contribution in [2.75, 3.05) is 7.11 Å². The summed E-state index contributed by atoms with van der Waals surface area (Å²) < 4.78 is 4.77. The van der Waals surface area contributed by atoms with E-state index >= 15 is 0 Å². The molecule has 0 aliphatic heterocycles. The predicted octanol–water partition coefficient (Wildman–Crippen LogP) is 4.34. The van der Waals surface area contributed by atoms with Crippen molar-refractivity contribution in [3.8, 4) is 0 Å². The van der Waals surface area contributed by atoms with Crippen molar-refractivity contribution >= 4 is 5.97 Å². The van der Waals surface area contributed by atoms with E-state index in [9.17, 15) is 15.0 Å². The normalized spacial score (nSPS) is 50.5. The van der Waals surface area contributed by atoms with Crippen molar-refractivity contribution < 1.29 is 19.7 Å². The molecule has 0 heterocycles. The van der Waals surface area contributed by atoms with Gasteiger partial charge in [-0.3, -0.25) is 0 Å². The average molecular weight is 405 g/mol. The van der Waals surface area contributed by atoms with Crippen molar-refractivity contribution in [2.24, 2.45) is 46.3 Å². The molecule has 2 N–H and O–H groups in total. The second kappa shape index (κ2) is 7.67. The molecule has 0 aromatic carbocycles. The number of carbonyl (C=O) groups is 1. The molecule has 0 amide bonds. The van der Waals surface area contributed by atoms with E-state index < -0.39 is 0 Å². The van der Waals surface area contributed by atoms with Gasteiger partial charge in [0.1, 0.15) is 0 Å². The van der Waals surface area contributed by atoms with Gasteiger partial charge in [-0.05, 0) is 97.7 Å². The molecule has 0 aromatic rings. The van der Waals surface area contributed by atoms with Crippen LogP contribution in [0.15, 0.2) is 12.2 Å². The van der Waals surface area contributed by atoms with Crippen LogP contribution in [-0.2, 0) is 9.53 Å². The molecule has 5 unspecified atom stereocenters. The molecule has 164 valence electrons. The largest absolute Gasteiger partial charge is 0.466 e. The highest BCUT2D eigenvalue weighted by Gasteiger charge is 2.62. The number of aliphatic hydroxyl groups excluding tert-OH is 2. The highest BCUT2D eigenvalue weighted by molar-refractivity contribution is 5.81. The lowest BCUT2D eigenvalue weighted by atomic mass is 9.43. The van der Waals surface area contributed by atoms with Gasteiger partial charge in [-0.25, -0.2) is 4.79 Å². The van der Waals surface area contributed by atoms with Gasteiger partial charge in [0.15, 0.2) is 0 Å². The minimum atomic E-state index is -0.276. The molecule has 4 rings (SSSR count). The summed E-state index contributed by atoms with van der Waals surface area (Å²) in [4.78, 5) is 11.6. The standard InChI is InChI=1S/C25H40O4/c1-15(5-8-22(28)29-4)18-6-7-19-23-20(10-12-25(18,19)3)24(2)11-9-17(26)13-16(24)14-21(23)27/h5,8,15-21,23,26-27H,6-7,9-14H2,1-4H3/b8-5+/t15-,16?,17-,18?,19+,20+,21-,23?,24?,25?/m1/s1. The number of allylic oxidation sites excluding steroid dienone is 1. The highest BCUT2D eigenvalue weighted by Crippen LogP contribution is 2.68. The van der Waals surface area contributed by atoms with Crippen LogP contribution in [0.1, 0.15) is 72.1 Å². The first-order valence-electron chi connectivity index (χ1n) is 11.8. The molecule has 29 heavy (non-hydrogen) atoms. The van der Waals surface area contributed by atoms with Crippen LogP contribution in [0.3, 0.4) is 0 Å². The fourth-order valence-electron chi connectivity index (χ4n) is 8.54. The van der Waals surface area contributed by atoms with Gasteiger partial charge < -0.3 is 14.9 Å². The van der Waals surface area contributed by atoms with Gasteiger partial charge in [0, 0.05) is 6.08 Å². The fourth-order valence-corrected chi connectivity index (χ4v) is 8.54. The lowest BCUT2D eigenvalue weighted by Crippen LogP contribution is -2.58. The van der Waals surface area contributed by atoms with Crippen LogP contribution in [0.4, 0.5) is 0 Å². The summed E-state index contributed by atoms with van der Waals surface area (Å²) in [5.41, 5.74) is 0.512. The minimum absolute atomic E-state index is 0.177. The monoisotopic (exact) mass is 404 g/mol. The van der Waals surface area contributed by atoms with Crippen LogP contribution in [0.5, 0.6) is 0 Å². The van der Waals surface area contributed by atoms with E-state index in [0.717, 1.165) is 25.7 Å². The molecule has 0 spiro atoms. The zero-order valence-corrected chi connectivity index (χ0v) is 18.6. The second-order valence-corrected chi connectivity index (χ2v) is 11.2. The quantitative estimate of drug-likeness (QED) is 0.542. The Morgan fingerprint density at radius 3 is 2.45 bits per heavy atom. The van der Waals surface area contributed by atoms with Crippen LogP contribution < -0.4 is 0 Å². The molecule has 4 aliphatic carbocycles. The topological polar surface area (TPSA) is 66.8 Å². The summed E-state index contributed by atoms with van der Waals surface area (Å²) in [6.45, 7) is 7.16. The molecule has 0 aromatic heterocycles. The van der Waals surface area contributed by atoms with Crippen molar-refractivity contribution in [1.29, 1.82) is 0 Å². The van der Waals surface area contributed by atoms with Crippen LogP contribution in [0, 0.1) is 46.3 Å². The molecular formula is C25H40O4. The van der Waals surface area contributed by atoms with Crippen molar-refractivity contribution in [3.05, 3.63) is 12.2 Å². The summed E-state index contributed by atoms with van der Waals surface area (Å²) in [5.74, 6) is 2.63. The van der Waals surface area contributed by atoms with Crippen LogP contribution in [0.25, 0.3) is 0 Å². The third kappa shape index (κ3) is 3.39. The van der Waals surface area contributed by atoms with Gasteiger partial charge in [-0.15, -0.1) is 0 Å². The average Bonchev–Trinajstić information content (AvgIpc) is 3.04. The van der Waals surface area contributed by atoms with Gasteiger partial charge >= 0.3 is 5.97 Å². The first-order valence-corrected chi connectivity index (χ1v) is 11.8. The second-order valence-electron chi connectivity index (χ2n) is 11.2. The third-order valence-electron chi connectivity index (χ3n) is 10.1. The van der Waals surface area contributed by atoms with Gasteiger partial charge in [0.05, 0.1) is 19.3 Å². The number of esters is 1. The molecule has 4 saturated carbocycles. The Kier molecular flexibility index (Phi) is 5.65. The molecular weight excluding hydrogens is 364 g/mol. The lowest BCUT2D eigenvalue weighted by molar-refractivity contribution is -0.173. The Morgan fingerprint density at radius 2 is 1.72 bits per heavy atom. The highest BCUT2D eigenvalue weighted by atomic mass is 16.5. The fraction of sp³-hybridized carbons (Fsp3) is 0.880. The smallest absolute Gasteiger partial charge is 0.330 e. The Bertz CT molecular complexity index is 659. The summed E-state index contributed by atoms with van der Waals surface area (Å²) in [7, 11) is 1.42. The third-order valence-corrected chi connectivity index (χ3v) is 10.1. The predicted molar refractivity (Wildman–Crippen MR) is 113 cm³/mol. The summed E-state index contributed by atoms with van der Waals surface area (Å²) in [6, 6.07) is 0. The number of carbonyl (C=O) groups excluding carboxylic acids is 1. The maximum Gasteiger partial charge on any atom is 0.330 e. The van der Waals surface area contributed by atoms with Crippen LogP contribution >= 0.6 is 0 Å². The number of aliphatic hydroxyl groups is 2. The van der Waals surface area contributed by atoms with Gasteiger partial charge in [0.25, 0.3) is 0 Å². The van der Waals surface area contributed by atoms with Crippen molar-refractivity contribution in [2.45, 2.75) is 84.3 Å². The first-order chi connectivity index (χ1) is 13.7. The van der Waals surface area contributed by atoms with Gasteiger partial charge in [-0.2, -0.15) is 0 Å². The van der Waals surface area contributed by atoms with Gasteiger partial charge in [0.2, 0.25) is 0 Å². The number of hydrogen-bond donors (Lipinski definition) is 2. The first kappa shape index (κ1) is 21.4. The molecule has 10 atom stereocenters. The molecule has 4 heteroatoms. The van der Waals surface area contributed by atoms with Crippen LogP contribution in [0.2, 0.25) is 0 Å². The van der Waals surface area contributed by atoms with Crippen molar-refractivity contribution in [1.82, 2.24) is 0 Å². The Labute approximate surface area is 176 Å².